The third-order valence-electron chi connectivity index (χ3n) is 8.79. The second kappa shape index (κ2) is 8.07. The lowest BCUT2D eigenvalue weighted by atomic mass is 9.63. The Morgan fingerprint density at radius 3 is 2.09 bits per heavy atom. The number of allylic oxidation sites excluding steroid dienone is 2. The third-order valence-corrected chi connectivity index (χ3v) is 8.79. The summed E-state index contributed by atoms with van der Waals surface area (Å²) in [4.78, 5) is 52.9. The third kappa shape index (κ3) is 3.31. The van der Waals surface area contributed by atoms with E-state index in [4.69, 9.17) is 4.74 Å². The lowest BCUT2D eigenvalue weighted by Gasteiger charge is -2.37. The first-order chi connectivity index (χ1) is 16.5. The van der Waals surface area contributed by atoms with E-state index in [1.807, 2.05) is 0 Å². The van der Waals surface area contributed by atoms with E-state index in [9.17, 15) is 19.2 Å². The van der Waals surface area contributed by atoms with Crippen LogP contribution in [0.5, 0.6) is 0 Å². The molecule has 7 heteroatoms. The van der Waals surface area contributed by atoms with Crippen LogP contribution in [0.2, 0.25) is 0 Å². The molecule has 7 nitrogen and oxygen atoms in total. The van der Waals surface area contributed by atoms with E-state index in [2.05, 4.69) is 17.5 Å². The topological polar surface area (TPSA) is 92.8 Å². The van der Waals surface area contributed by atoms with Gasteiger partial charge in [-0.15, -0.1) is 0 Å². The maximum atomic E-state index is 13.3. The van der Waals surface area contributed by atoms with E-state index >= 15 is 0 Å². The molecule has 0 radical (unpaired) electrons. The average Bonchev–Trinajstić information content (AvgIpc) is 3.63. The summed E-state index contributed by atoms with van der Waals surface area (Å²) in [6.45, 7) is 2.07. The number of likely N-dealkylation sites (tertiary alicyclic amines) is 1. The minimum absolute atomic E-state index is 0.0364. The lowest BCUT2D eigenvalue weighted by molar-refractivity contribution is -0.144. The number of carbonyl (C=O) groups is 4. The zero-order chi connectivity index (χ0) is 23.6. The first-order valence-corrected chi connectivity index (χ1v) is 12.6. The number of ether oxygens (including phenoxy) is 1. The summed E-state index contributed by atoms with van der Waals surface area (Å²) in [5.41, 5.74) is 1.08. The normalized spacial score (nSPS) is 37.3. The van der Waals surface area contributed by atoms with Crippen LogP contribution in [0.4, 0.5) is 5.69 Å². The van der Waals surface area contributed by atoms with Crippen molar-refractivity contribution in [1.82, 2.24) is 4.90 Å². The van der Waals surface area contributed by atoms with Crippen molar-refractivity contribution in [2.75, 3.05) is 11.9 Å². The molecule has 0 spiro atoms. The maximum absolute atomic E-state index is 13.3. The van der Waals surface area contributed by atoms with Crippen molar-refractivity contribution < 1.29 is 23.9 Å². The molecule has 1 aromatic carbocycles. The molecule has 1 saturated heterocycles. The van der Waals surface area contributed by atoms with Crippen molar-refractivity contribution in [3.63, 3.8) is 0 Å². The Morgan fingerprint density at radius 1 is 0.941 bits per heavy atom. The summed E-state index contributed by atoms with van der Waals surface area (Å²) in [6, 6.07) is 6.59. The van der Waals surface area contributed by atoms with Gasteiger partial charge >= 0.3 is 5.97 Å². The number of imide groups is 1. The van der Waals surface area contributed by atoms with Crippen LogP contribution >= 0.6 is 0 Å². The monoisotopic (exact) mass is 462 g/mol. The number of carbonyl (C=O) groups excluding carboxylic acids is 4. The SMILES string of the molecule is CCOC(=O)c1ccc(NC(=O)C2CCC(N3C(=O)[C@@H]4[C@@H]5C=C[C@@H]([C@H]6C[C@@H]56)[C@@H]4C3=O)CC2)cc1. The van der Waals surface area contributed by atoms with Crippen LogP contribution in [0.3, 0.4) is 0 Å². The first kappa shape index (κ1) is 21.6. The Labute approximate surface area is 198 Å². The highest BCUT2D eigenvalue weighted by Gasteiger charge is 2.67. The Hall–Kier alpha value is -2.96. The van der Waals surface area contributed by atoms with E-state index in [1.165, 1.54) is 6.42 Å². The maximum Gasteiger partial charge on any atom is 0.338 e. The smallest absolute Gasteiger partial charge is 0.338 e. The fraction of sp³-hybridized carbons (Fsp3) is 0.556. The average molecular weight is 463 g/mol. The van der Waals surface area contributed by atoms with E-state index in [0.717, 1.165) is 0 Å². The van der Waals surface area contributed by atoms with Gasteiger partial charge in [-0.2, -0.15) is 0 Å². The molecular formula is C27H30N2O5. The van der Waals surface area contributed by atoms with Crippen LogP contribution in [0.25, 0.3) is 0 Å². The van der Waals surface area contributed by atoms with Gasteiger partial charge in [0.25, 0.3) is 0 Å². The van der Waals surface area contributed by atoms with Gasteiger partial charge in [-0.1, -0.05) is 12.2 Å². The molecule has 178 valence electrons. The molecule has 6 atom stereocenters. The summed E-state index contributed by atoms with van der Waals surface area (Å²) >= 11 is 0. The molecule has 1 heterocycles. The molecule has 0 unspecified atom stereocenters. The van der Waals surface area contributed by atoms with Crippen LogP contribution in [-0.4, -0.2) is 41.2 Å². The number of hydrogen-bond acceptors (Lipinski definition) is 5. The van der Waals surface area contributed by atoms with Crippen molar-refractivity contribution in [1.29, 1.82) is 0 Å². The van der Waals surface area contributed by atoms with Crippen LogP contribution in [-0.2, 0) is 19.1 Å². The Bertz CT molecular complexity index is 1030. The summed E-state index contributed by atoms with van der Waals surface area (Å²) in [6.07, 6.45) is 8.23. The molecule has 6 aliphatic rings. The zero-order valence-corrected chi connectivity index (χ0v) is 19.3. The van der Waals surface area contributed by atoms with Crippen LogP contribution in [0.1, 0.15) is 49.4 Å². The molecule has 3 amide bonds. The fourth-order valence-electron chi connectivity index (χ4n) is 7.08. The number of benzene rings is 1. The quantitative estimate of drug-likeness (QED) is 0.411. The zero-order valence-electron chi connectivity index (χ0n) is 19.3. The van der Waals surface area contributed by atoms with Gasteiger partial charge in [0, 0.05) is 17.6 Å². The molecule has 4 fully saturated rings. The number of rotatable bonds is 5. The van der Waals surface area contributed by atoms with E-state index in [0.29, 0.717) is 55.4 Å². The summed E-state index contributed by atoms with van der Waals surface area (Å²) in [7, 11) is 0. The fourth-order valence-corrected chi connectivity index (χ4v) is 7.08. The molecule has 34 heavy (non-hydrogen) atoms. The molecule has 1 aromatic rings. The van der Waals surface area contributed by atoms with Gasteiger partial charge in [0.15, 0.2) is 0 Å². The van der Waals surface area contributed by atoms with Gasteiger partial charge in [0.05, 0.1) is 24.0 Å². The summed E-state index contributed by atoms with van der Waals surface area (Å²) < 4.78 is 4.98. The van der Waals surface area contributed by atoms with Gasteiger partial charge in [-0.05, 0) is 87.0 Å². The summed E-state index contributed by atoms with van der Waals surface area (Å²) in [5.74, 6) is 0.901. The molecular weight excluding hydrogens is 432 g/mol. The Morgan fingerprint density at radius 2 is 1.53 bits per heavy atom. The molecule has 2 bridgehead atoms. The van der Waals surface area contributed by atoms with E-state index in [1.54, 1.807) is 36.1 Å². The highest BCUT2D eigenvalue weighted by molar-refractivity contribution is 6.06. The largest absolute Gasteiger partial charge is 0.462 e. The molecule has 0 aromatic heterocycles. The Kier molecular flexibility index (Phi) is 5.12. The molecule has 3 saturated carbocycles. The van der Waals surface area contributed by atoms with Crippen molar-refractivity contribution >= 4 is 29.4 Å². The van der Waals surface area contributed by atoms with Gasteiger partial charge in [-0.25, -0.2) is 4.79 Å². The van der Waals surface area contributed by atoms with Crippen molar-refractivity contribution in [2.24, 2.45) is 41.4 Å². The minimum atomic E-state index is -0.384. The van der Waals surface area contributed by atoms with Crippen LogP contribution < -0.4 is 5.32 Å². The predicted molar refractivity (Wildman–Crippen MR) is 123 cm³/mol. The minimum Gasteiger partial charge on any atom is -0.462 e. The first-order valence-electron chi connectivity index (χ1n) is 12.6. The van der Waals surface area contributed by atoms with Gasteiger partial charge < -0.3 is 10.1 Å². The highest BCUT2D eigenvalue weighted by Crippen LogP contribution is 2.65. The molecule has 1 aliphatic heterocycles. The van der Waals surface area contributed by atoms with Crippen molar-refractivity contribution in [3.8, 4) is 0 Å². The second-order valence-electron chi connectivity index (χ2n) is 10.5. The lowest BCUT2D eigenvalue weighted by Crippen LogP contribution is -2.44. The molecule has 5 aliphatic carbocycles. The number of anilines is 1. The Balaban J connectivity index is 1.06. The van der Waals surface area contributed by atoms with Gasteiger partial charge in [0.2, 0.25) is 17.7 Å². The highest BCUT2D eigenvalue weighted by atomic mass is 16.5. The van der Waals surface area contributed by atoms with Crippen molar-refractivity contribution in [3.05, 3.63) is 42.0 Å². The number of amides is 3. The second-order valence-corrected chi connectivity index (χ2v) is 10.5. The standard InChI is InChI=1S/C27H30N2O5/c1-2-34-27(33)15-3-7-16(8-4-15)28-24(30)14-5-9-17(10-6-14)29-25(31)22-18-11-12-19(21-13-20(18)21)23(22)26(29)32/h3-4,7-8,11-12,14,17-23H,2,5-6,9-10,13H2,1H3,(H,28,30)/t14?,17?,18-,19+,20+,21-,22-,23+. The number of hydrogen-bond donors (Lipinski definition) is 1. The van der Waals surface area contributed by atoms with Crippen LogP contribution in [0, 0.1) is 41.4 Å². The van der Waals surface area contributed by atoms with Crippen LogP contribution in [0.15, 0.2) is 36.4 Å². The summed E-state index contributed by atoms with van der Waals surface area (Å²) in [5, 5.41) is 2.94. The molecule has 7 rings (SSSR count). The van der Waals surface area contributed by atoms with E-state index < -0.39 is 0 Å². The van der Waals surface area contributed by atoms with Gasteiger partial charge in [-0.3, -0.25) is 19.3 Å². The number of nitrogens with zero attached hydrogens (tertiary/aromatic N) is 1. The number of esters is 1. The number of nitrogens with one attached hydrogen (secondary N) is 1. The molecule has 1 N–H and O–H groups in total. The predicted octanol–water partition coefficient (Wildman–Crippen LogP) is 3.41. The van der Waals surface area contributed by atoms with E-state index in [-0.39, 0.29) is 59.3 Å². The van der Waals surface area contributed by atoms with Crippen molar-refractivity contribution in [2.45, 2.75) is 45.1 Å². The van der Waals surface area contributed by atoms with Gasteiger partial charge in [0.1, 0.15) is 0 Å².